The summed E-state index contributed by atoms with van der Waals surface area (Å²) in [5, 5.41) is 18.9. The van der Waals surface area contributed by atoms with Crippen LogP contribution in [-0.2, 0) is 13.1 Å². The normalized spacial score (nSPS) is 10.8. The summed E-state index contributed by atoms with van der Waals surface area (Å²) in [5.74, 6) is 0. The zero-order valence-electron chi connectivity index (χ0n) is 8.13. The smallest absolute Gasteiger partial charge is 0.105 e. The number of hydrogen-bond donors (Lipinski definition) is 2. The summed E-state index contributed by atoms with van der Waals surface area (Å²) < 4.78 is 1.69. The van der Waals surface area contributed by atoms with Gasteiger partial charge in [0.15, 0.2) is 0 Å². The van der Waals surface area contributed by atoms with E-state index < -0.39 is 0 Å². The van der Waals surface area contributed by atoms with E-state index in [0.717, 1.165) is 16.3 Å². The van der Waals surface area contributed by atoms with Crippen molar-refractivity contribution in [2.45, 2.75) is 13.1 Å². The molecule has 0 aliphatic heterocycles. The summed E-state index contributed by atoms with van der Waals surface area (Å²) in [6.45, 7) is 0.852. The summed E-state index contributed by atoms with van der Waals surface area (Å²) >= 11 is 1.61. The average Bonchev–Trinajstić information content (AvgIpc) is 2.85. The average molecular weight is 224 g/mol. The maximum absolute atomic E-state index is 8.91. The molecule has 2 rings (SSSR count). The summed E-state index contributed by atoms with van der Waals surface area (Å²) in [6, 6.07) is 3.97. The predicted molar refractivity (Wildman–Crippen MR) is 58.3 cm³/mol. The van der Waals surface area contributed by atoms with Crippen LogP contribution in [0.1, 0.15) is 5.69 Å². The molecule has 3 N–H and O–H groups in total. The third kappa shape index (κ3) is 1.92. The number of thiophene rings is 1. The minimum absolute atomic E-state index is 0.0474. The van der Waals surface area contributed by atoms with Crippen molar-refractivity contribution >= 4 is 11.3 Å². The third-order valence-electron chi connectivity index (χ3n) is 2.06. The van der Waals surface area contributed by atoms with E-state index in [2.05, 4.69) is 10.3 Å². The van der Waals surface area contributed by atoms with Gasteiger partial charge in [0.25, 0.3) is 0 Å². The second kappa shape index (κ2) is 4.52. The third-order valence-corrected chi connectivity index (χ3v) is 2.94. The van der Waals surface area contributed by atoms with Crippen molar-refractivity contribution in [3.63, 3.8) is 0 Å². The van der Waals surface area contributed by atoms with Crippen LogP contribution in [0, 0.1) is 0 Å². The quantitative estimate of drug-likeness (QED) is 0.791. The lowest BCUT2D eigenvalue weighted by atomic mass is 10.2. The molecular formula is C9H12N4OS. The Morgan fingerprint density at radius 3 is 3.00 bits per heavy atom. The van der Waals surface area contributed by atoms with Crippen LogP contribution < -0.4 is 5.73 Å². The van der Waals surface area contributed by atoms with Gasteiger partial charge in [0.05, 0.1) is 18.0 Å². The lowest BCUT2D eigenvalue weighted by Gasteiger charge is -2.03. The van der Waals surface area contributed by atoms with E-state index in [1.54, 1.807) is 16.0 Å². The number of rotatable bonds is 4. The Morgan fingerprint density at radius 1 is 1.53 bits per heavy atom. The zero-order chi connectivity index (χ0) is 10.7. The van der Waals surface area contributed by atoms with Crippen molar-refractivity contribution in [2.24, 2.45) is 5.73 Å². The Kier molecular flexibility index (Phi) is 3.10. The van der Waals surface area contributed by atoms with Gasteiger partial charge < -0.3 is 10.8 Å². The Balaban J connectivity index is 2.46. The minimum Gasteiger partial charge on any atom is -0.394 e. The van der Waals surface area contributed by atoms with E-state index in [9.17, 15) is 0 Å². The van der Waals surface area contributed by atoms with Crippen LogP contribution in [0.5, 0.6) is 0 Å². The molecule has 0 bridgehead atoms. The van der Waals surface area contributed by atoms with E-state index in [4.69, 9.17) is 10.8 Å². The number of nitrogens with two attached hydrogens (primary N) is 1. The van der Waals surface area contributed by atoms with Crippen molar-refractivity contribution in [1.82, 2.24) is 15.0 Å². The highest BCUT2D eigenvalue weighted by Crippen LogP contribution is 2.26. The van der Waals surface area contributed by atoms with Gasteiger partial charge in [-0.25, -0.2) is 4.68 Å². The number of aromatic nitrogens is 3. The molecule has 0 fully saturated rings. The van der Waals surface area contributed by atoms with Crippen molar-refractivity contribution in [3.8, 4) is 10.6 Å². The summed E-state index contributed by atoms with van der Waals surface area (Å²) in [7, 11) is 0. The van der Waals surface area contributed by atoms with Gasteiger partial charge in [-0.05, 0) is 11.4 Å². The number of aliphatic hydroxyl groups excluding tert-OH is 1. The number of hydrogen-bond acceptors (Lipinski definition) is 5. The molecule has 6 heteroatoms. The molecule has 80 valence electrons. The second-order valence-corrected chi connectivity index (χ2v) is 3.96. The molecule has 0 unspecified atom stereocenters. The van der Waals surface area contributed by atoms with Crippen LogP contribution in [0.2, 0.25) is 0 Å². The molecule has 0 saturated carbocycles. The fourth-order valence-electron chi connectivity index (χ4n) is 1.42. The largest absolute Gasteiger partial charge is 0.394 e. The summed E-state index contributed by atoms with van der Waals surface area (Å²) in [6.07, 6.45) is 0. The number of nitrogens with zero attached hydrogens (tertiary/aromatic N) is 3. The first-order chi connectivity index (χ1) is 7.36. The van der Waals surface area contributed by atoms with Gasteiger partial charge >= 0.3 is 0 Å². The molecule has 2 aromatic heterocycles. The van der Waals surface area contributed by atoms with Crippen LogP contribution >= 0.6 is 11.3 Å². The van der Waals surface area contributed by atoms with Gasteiger partial charge in [-0.1, -0.05) is 11.3 Å². The molecule has 0 spiro atoms. The van der Waals surface area contributed by atoms with Gasteiger partial charge in [0.2, 0.25) is 0 Å². The lowest BCUT2D eigenvalue weighted by molar-refractivity contribution is 0.269. The first-order valence-corrected chi connectivity index (χ1v) is 5.52. The standard InChI is InChI=1S/C9H12N4OS/c10-6-7-9(8-2-1-5-15-8)13(3-4-14)12-11-7/h1-2,5,14H,3-4,6,10H2. The number of aliphatic hydroxyl groups is 1. The molecule has 5 nitrogen and oxygen atoms in total. The van der Waals surface area contributed by atoms with Gasteiger partial charge in [0, 0.05) is 6.54 Å². The van der Waals surface area contributed by atoms with Gasteiger partial charge in [0.1, 0.15) is 11.4 Å². The van der Waals surface area contributed by atoms with Crippen LogP contribution in [-0.4, -0.2) is 26.7 Å². The molecule has 0 aliphatic rings. The Labute approximate surface area is 91.2 Å². The molecule has 0 saturated heterocycles. The zero-order valence-corrected chi connectivity index (χ0v) is 8.94. The maximum atomic E-state index is 8.91. The lowest BCUT2D eigenvalue weighted by Crippen LogP contribution is -2.06. The van der Waals surface area contributed by atoms with Gasteiger partial charge in [-0.3, -0.25) is 0 Å². The predicted octanol–water partition coefficient (Wildman–Crippen LogP) is 0.458. The van der Waals surface area contributed by atoms with Crippen LogP contribution in [0.25, 0.3) is 10.6 Å². The van der Waals surface area contributed by atoms with Crippen molar-refractivity contribution in [3.05, 3.63) is 23.2 Å². The van der Waals surface area contributed by atoms with Crippen molar-refractivity contribution < 1.29 is 5.11 Å². The molecule has 0 aromatic carbocycles. The first kappa shape index (κ1) is 10.3. The molecule has 0 atom stereocenters. The molecule has 0 aliphatic carbocycles. The Morgan fingerprint density at radius 2 is 2.40 bits per heavy atom. The van der Waals surface area contributed by atoms with E-state index in [1.807, 2.05) is 17.5 Å². The van der Waals surface area contributed by atoms with Crippen LogP contribution in [0.4, 0.5) is 0 Å². The molecular weight excluding hydrogens is 212 g/mol. The van der Waals surface area contributed by atoms with Gasteiger partial charge in [-0.2, -0.15) is 0 Å². The maximum Gasteiger partial charge on any atom is 0.105 e. The molecule has 2 heterocycles. The first-order valence-electron chi connectivity index (χ1n) is 4.64. The Hall–Kier alpha value is -1.24. The minimum atomic E-state index is 0.0474. The topological polar surface area (TPSA) is 77.0 Å². The molecule has 0 radical (unpaired) electrons. The van der Waals surface area contributed by atoms with E-state index in [1.165, 1.54) is 0 Å². The van der Waals surface area contributed by atoms with E-state index in [0.29, 0.717) is 13.1 Å². The van der Waals surface area contributed by atoms with E-state index in [-0.39, 0.29) is 6.61 Å². The van der Waals surface area contributed by atoms with Crippen LogP contribution in [0.3, 0.4) is 0 Å². The highest BCUT2D eigenvalue weighted by atomic mass is 32.1. The molecule has 15 heavy (non-hydrogen) atoms. The fourth-order valence-corrected chi connectivity index (χ4v) is 2.22. The highest BCUT2D eigenvalue weighted by molar-refractivity contribution is 7.13. The Bertz CT molecular complexity index is 423. The van der Waals surface area contributed by atoms with Crippen molar-refractivity contribution in [2.75, 3.05) is 6.61 Å². The van der Waals surface area contributed by atoms with E-state index >= 15 is 0 Å². The molecule has 0 amide bonds. The van der Waals surface area contributed by atoms with Crippen LogP contribution in [0.15, 0.2) is 17.5 Å². The summed E-state index contributed by atoms with van der Waals surface area (Å²) in [5.41, 5.74) is 7.28. The highest BCUT2D eigenvalue weighted by Gasteiger charge is 2.13. The molecule has 2 aromatic rings. The second-order valence-electron chi connectivity index (χ2n) is 3.01. The monoisotopic (exact) mass is 224 g/mol. The van der Waals surface area contributed by atoms with Crippen molar-refractivity contribution in [1.29, 1.82) is 0 Å². The summed E-state index contributed by atoms with van der Waals surface area (Å²) in [4.78, 5) is 1.08. The SMILES string of the molecule is NCc1nnn(CCO)c1-c1cccs1. The van der Waals surface area contributed by atoms with Gasteiger partial charge in [-0.15, -0.1) is 16.4 Å². The fraction of sp³-hybridized carbons (Fsp3) is 0.333.